The summed E-state index contributed by atoms with van der Waals surface area (Å²) in [4.78, 5) is 1.05. The van der Waals surface area contributed by atoms with E-state index in [0.29, 0.717) is 10.6 Å². The summed E-state index contributed by atoms with van der Waals surface area (Å²) in [6.07, 6.45) is 1.60. The van der Waals surface area contributed by atoms with Crippen LogP contribution in [0.4, 0.5) is 0 Å². The van der Waals surface area contributed by atoms with E-state index in [9.17, 15) is 5.26 Å². The Bertz CT molecular complexity index is 647. The third-order valence-corrected chi connectivity index (χ3v) is 4.47. The summed E-state index contributed by atoms with van der Waals surface area (Å²) in [5.41, 5.74) is 2.60. The Labute approximate surface area is 131 Å². The molecule has 2 aromatic rings. The molecule has 1 heterocycles. The number of aromatic nitrogens is 2. The van der Waals surface area contributed by atoms with Crippen molar-refractivity contribution in [1.29, 1.82) is 5.26 Å². The number of benzene rings is 1. The van der Waals surface area contributed by atoms with E-state index in [2.05, 4.69) is 32.2 Å². The lowest BCUT2D eigenvalue weighted by Gasteiger charge is -2.09. The third kappa shape index (κ3) is 3.20. The van der Waals surface area contributed by atoms with Crippen molar-refractivity contribution in [1.82, 2.24) is 10.2 Å². The molecule has 3 nitrogen and oxygen atoms in total. The molecule has 0 fully saturated rings. The minimum absolute atomic E-state index is 0.660. The van der Waals surface area contributed by atoms with Crippen LogP contribution in [0.5, 0.6) is 0 Å². The Morgan fingerprint density at radius 2 is 1.85 bits per heavy atom. The highest BCUT2D eigenvalue weighted by Gasteiger charge is 2.15. The van der Waals surface area contributed by atoms with E-state index in [1.165, 1.54) is 11.8 Å². The number of hydrogen-bond donors (Lipinski definition) is 0. The summed E-state index contributed by atoms with van der Waals surface area (Å²) in [5, 5.41) is 18.6. The van der Waals surface area contributed by atoms with Crippen molar-refractivity contribution in [3.05, 3.63) is 45.6 Å². The average Bonchev–Trinajstić information content (AvgIpc) is 2.48. The van der Waals surface area contributed by atoms with Gasteiger partial charge in [-0.15, -0.1) is 5.10 Å². The summed E-state index contributed by atoms with van der Waals surface area (Å²) in [6.45, 7) is 4.08. The van der Waals surface area contributed by atoms with Gasteiger partial charge in [0.2, 0.25) is 0 Å². The third-order valence-electron chi connectivity index (χ3n) is 2.95. The summed E-state index contributed by atoms with van der Waals surface area (Å²) in [5.74, 6) is 0. The highest BCUT2D eigenvalue weighted by Crippen LogP contribution is 2.31. The molecule has 0 unspecified atom stereocenters. The Hall–Kier alpha value is -1.38. The van der Waals surface area contributed by atoms with Crippen LogP contribution in [0, 0.1) is 11.3 Å². The fourth-order valence-corrected chi connectivity index (χ4v) is 3.07. The Balaban J connectivity index is 2.42. The van der Waals surface area contributed by atoms with E-state index in [1.807, 2.05) is 38.1 Å². The van der Waals surface area contributed by atoms with Gasteiger partial charge in [0.25, 0.3) is 0 Å². The number of nitrogens with zero attached hydrogens (tertiary/aromatic N) is 3. The SMILES string of the molecule is CCc1nnc(Sc2ccc(Br)cc2)c(C#N)c1CC. The highest BCUT2D eigenvalue weighted by atomic mass is 79.9. The normalized spacial score (nSPS) is 10.3. The summed E-state index contributed by atoms with van der Waals surface area (Å²) < 4.78 is 1.03. The van der Waals surface area contributed by atoms with Crippen molar-refractivity contribution in [3.8, 4) is 6.07 Å². The molecule has 102 valence electrons. The van der Waals surface area contributed by atoms with Gasteiger partial charge in [-0.25, -0.2) is 0 Å². The molecule has 20 heavy (non-hydrogen) atoms. The first kappa shape index (κ1) is 15.0. The predicted octanol–water partition coefficient (Wildman–Crippen LogP) is 4.39. The van der Waals surface area contributed by atoms with Crippen LogP contribution in [0.1, 0.15) is 30.7 Å². The first-order valence-corrected chi connectivity index (χ1v) is 8.02. The van der Waals surface area contributed by atoms with Crippen LogP contribution in [-0.2, 0) is 12.8 Å². The largest absolute Gasteiger partial charge is 0.192 e. The molecule has 2 rings (SSSR count). The smallest absolute Gasteiger partial charge is 0.142 e. The van der Waals surface area contributed by atoms with Gasteiger partial charge in [-0.3, -0.25) is 0 Å². The Morgan fingerprint density at radius 1 is 1.15 bits per heavy atom. The lowest BCUT2D eigenvalue weighted by atomic mass is 10.1. The maximum atomic E-state index is 9.43. The minimum atomic E-state index is 0.660. The van der Waals surface area contributed by atoms with Crippen molar-refractivity contribution in [3.63, 3.8) is 0 Å². The van der Waals surface area contributed by atoms with Gasteiger partial charge in [0.1, 0.15) is 11.1 Å². The van der Waals surface area contributed by atoms with Crippen LogP contribution in [-0.4, -0.2) is 10.2 Å². The standard InChI is InChI=1S/C15H14BrN3S/c1-3-12-13(9-17)15(19-18-14(12)4-2)20-11-7-5-10(16)6-8-11/h5-8H,3-4H2,1-2H3. The number of aryl methyl sites for hydroxylation is 1. The molecule has 0 N–H and O–H groups in total. The second-order valence-electron chi connectivity index (χ2n) is 4.18. The molecule has 0 bridgehead atoms. The molecule has 0 spiro atoms. The molecule has 0 radical (unpaired) electrons. The minimum Gasteiger partial charge on any atom is -0.192 e. The first-order valence-electron chi connectivity index (χ1n) is 6.41. The van der Waals surface area contributed by atoms with Gasteiger partial charge in [-0.1, -0.05) is 41.5 Å². The second kappa shape index (κ2) is 6.87. The lowest BCUT2D eigenvalue weighted by Crippen LogP contribution is -2.04. The number of hydrogen-bond acceptors (Lipinski definition) is 4. The zero-order valence-electron chi connectivity index (χ0n) is 11.4. The Morgan fingerprint density at radius 3 is 2.40 bits per heavy atom. The van der Waals surface area contributed by atoms with Crippen LogP contribution in [0.2, 0.25) is 0 Å². The molecule has 5 heteroatoms. The van der Waals surface area contributed by atoms with Crippen LogP contribution in [0.25, 0.3) is 0 Å². The lowest BCUT2D eigenvalue weighted by molar-refractivity contribution is 0.818. The fourth-order valence-electron chi connectivity index (χ4n) is 1.96. The Kier molecular flexibility index (Phi) is 5.16. The average molecular weight is 348 g/mol. The predicted molar refractivity (Wildman–Crippen MR) is 83.8 cm³/mol. The fraction of sp³-hybridized carbons (Fsp3) is 0.267. The van der Waals surface area contributed by atoms with Crippen molar-refractivity contribution in [2.75, 3.05) is 0 Å². The number of nitriles is 1. The van der Waals surface area contributed by atoms with Crippen LogP contribution >= 0.6 is 27.7 Å². The molecule has 0 aliphatic heterocycles. The van der Waals surface area contributed by atoms with Crippen molar-refractivity contribution in [2.24, 2.45) is 0 Å². The van der Waals surface area contributed by atoms with E-state index in [1.54, 1.807) is 0 Å². The highest BCUT2D eigenvalue weighted by molar-refractivity contribution is 9.10. The van der Waals surface area contributed by atoms with Gasteiger partial charge in [0, 0.05) is 9.37 Å². The zero-order chi connectivity index (χ0) is 14.5. The molecule has 0 amide bonds. The molecular weight excluding hydrogens is 334 g/mol. The maximum Gasteiger partial charge on any atom is 0.142 e. The van der Waals surface area contributed by atoms with Crippen molar-refractivity contribution in [2.45, 2.75) is 36.6 Å². The number of halogens is 1. The summed E-state index contributed by atoms with van der Waals surface area (Å²) >= 11 is 4.89. The van der Waals surface area contributed by atoms with Crippen molar-refractivity contribution >= 4 is 27.7 Å². The molecular formula is C15H14BrN3S. The van der Waals surface area contributed by atoms with Crippen LogP contribution in [0.3, 0.4) is 0 Å². The maximum absolute atomic E-state index is 9.43. The van der Waals surface area contributed by atoms with Gasteiger partial charge < -0.3 is 0 Å². The summed E-state index contributed by atoms with van der Waals surface area (Å²) in [7, 11) is 0. The molecule has 0 aliphatic carbocycles. The molecule has 1 aromatic carbocycles. The van der Waals surface area contributed by atoms with E-state index in [4.69, 9.17) is 0 Å². The van der Waals surface area contributed by atoms with E-state index in [-0.39, 0.29) is 0 Å². The van der Waals surface area contributed by atoms with E-state index < -0.39 is 0 Å². The molecule has 0 aliphatic rings. The van der Waals surface area contributed by atoms with Gasteiger partial charge >= 0.3 is 0 Å². The summed E-state index contributed by atoms with van der Waals surface area (Å²) in [6, 6.07) is 10.2. The quantitative estimate of drug-likeness (QED) is 0.822. The monoisotopic (exact) mass is 347 g/mol. The van der Waals surface area contributed by atoms with Gasteiger partial charge in [0.15, 0.2) is 0 Å². The van der Waals surface area contributed by atoms with Gasteiger partial charge in [0.05, 0.1) is 11.3 Å². The first-order chi connectivity index (χ1) is 9.69. The van der Waals surface area contributed by atoms with Crippen LogP contribution in [0.15, 0.2) is 38.7 Å². The van der Waals surface area contributed by atoms with E-state index >= 15 is 0 Å². The molecule has 1 aromatic heterocycles. The zero-order valence-corrected chi connectivity index (χ0v) is 13.8. The van der Waals surface area contributed by atoms with Gasteiger partial charge in [-0.05, 0) is 42.7 Å². The van der Waals surface area contributed by atoms with E-state index in [0.717, 1.165) is 33.5 Å². The molecule has 0 saturated heterocycles. The topological polar surface area (TPSA) is 49.6 Å². The second-order valence-corrected chi connectivity index (χ2v) is 6.16. The van der Waals surface area contributed by atoms with Crippen LogP contribution < -0.4 is 0 Å². The molecule has 0 saturated carbocycles. The number of rotatable bonds is 4. The van der Waals surface area contributed by atoms with Gasteiger partial charge in [-0.2, -0.15) is 10.4 Å². The van der Waals surface area contributed by atoms with Crippen molar-refractivity contribution < 1.29 is 0 Å². The molecule has 0 atom stereocenters.